The fourth-order valence-electron chi connectivity index (χ4n) is 1.91. The van der Waals surface area contributed by atoms with E-state index in [0.717, 1.165) is 19.3 Å². The zero-order chi connectivity index (χ0) is 14.0. The van der Waals surface area contributed by atoms with Crippen LogP contribution >= 0.6 is 0 Å². The Labute approximate surface area is 160 Å². The third-order valence-corrected chi connectivity index (χ3v) is 4.50. The molecule has 6 heteroatoms. The van der Waals surface area contributed by atoms with Crippen molar-refractivity contribution < 1.29 is 69.5 Å². The number of rotatable bonds is 11. The molecule has 0 aliphatic heterocycles. The van der Waals surface area contributed by atoms with Crippen LogP contribution in [0.3, 0.4) is 0 Å². The summed E-state index contributed by atoms with van der Waals surface area (Å²) in [6.07, 6.45) is 7.76. The SMILES string of the molecule is CCCCCCC(O)CCCCC(C)S(=O)(=O)[O-].[K+]. The van der Waals surface area contributed by atoms with Gasteiger partial charge in [0.15, 0.2) is 0 Å². The number of hydrogen-bond acceptors (Lipinski definition) is 4. The molecule has 0 aromatic rings. The van der Waals surface area contributed by atoms with E-state index >= 15 is 0 Å². The summed E-state index contributed by atoms with van der Waals surface area (Å²) in [7, 11) is -4.14. The Bertz CT molecular complexity index is 293. The van der Waals surface area contributed by atoms with Crippen molar-refractivity contribution in [2.45, 2.75) is 83.0 Å². The quantitative estimate of drug-likeness (QED) is 0.326. The number of unbranched alkanes of at least 4 members (excludes halogenated alkanes) is 4. The molecule has 2 atom stereocenters. The predicted octanol–water partition coefficient (Wildman–Crippen LogP) is -0.184. The minimum atomic E-state index is -4.14. The van der Waals surface area contributed by atoms with Gasteiger partial charge >= 0.3 is 51.4 Å². The molecule has 0 saturated carbocycles. The second kappa shape index (κ2) is 13.2. The molecular weight excluding hydrogens is 291 g/mol. The summed E-state index contributed by atoms with van der Waals surface area (Å²) in [4.78, 5) is 0. The molecule has 0 spiro atoms. The van der Waals surface area contributed by atoms with Crippen molar-refractivity contribution in [1.82, 2.24) is 0 Å². The number of aliphatic hydroxyl groups is 1. The second-order valence-electron chi connectivity index (χ2n) is 5.09. The number of hydrogen-bond donors (Lipinski definition) is 1. The molecule has 1 N–H and O–H groups in total. The van der Waals surface area contributed by atoms with Gasteiger partial charge in [-0.1, -0.05) is 45.4 Å². The standard InChI is InChI=1S/C13H28O4S.K/c1-3-4-5-6-10-13(14)11-8-7-9-12(2)18(15,16)17;/h12-14H,3-11H2,1-2H3,(H,15,16,17);/q;+1/p-1. The first-order valence-corrected chi connectivity index (χ1v) is 8.47. The van der Waals surface area contributed by atoms with Gasteiger partial charge in [-0.2, -0.15) is 0 Å². The molecule has 110 valence electrons. The molecule has 0 fully saturated rings. The van der Waals surface area contributed by atoms with Crippen LogP contribution in [0.1, 0.15) is 71.6 Å². The molecule has 0 amide bonds. The average molecular weight is 319 g/mol. The van der Waals surface area contributed by atoms with Gasteiger partial charge in [-0.25, -0.2) is 8.42 Å². The largest absolute Gasteiger partial charge is 1.00 e. The molecule has 0 aromatic heterocycles. The Kier molecular flexibility index (Phi) is 15.8. The van der Waals surface area contributed by atoms with E-state index in [1.165, 1.54) is 26.2 Å². The van der Waals surface area contributed by atoms with E-state index in [-0.39, 0.29) is 57.5 Å². The summed E-state index contributed by atoms with van der Waals surface area (Å²) in [5.74, 6) is 0. The van der Waals surface area contributed by atoms with Crippen LogP contribution in [0.2, 0.25) is 0 Å². The third kappa shape index (κ3) is 14.2. The van der Waals surface area contributed by atoms with E-state index in [9.17, 15) is 18.1 Å². The molecule has 0 bridgehead atoms. The maximum atomic E-state index is 10.7. The summed E-state index contributed by atoms with van der Waals surface area (Å²) in [6.45, 7) is 3.60. The minimum Gasteiger partial charge on any atom is -0.748 e. The Morgan fingerprint density at radius 3 is 1.95 bits per heavy atom. The summed E-state index contributed by atoms with van der Waals surface area (Å²) >= 11 is 0. The Hall–Kier alpha value is 1.51. The van der Waals surface area contributed by atoms with Crippen LogP contribution in [-0.4, -0.2) is 29.4 Å². The van der Waals surface area contributed by atoms with Gasteiger partial charge < -0.3 is 9.66 Å². The maximum Gasteiger partial charge on any atom is 1.00 e. The smallest absolute Gasteiger partial charge is 0.748 e. The van der Waals surface area contributed by atoms with Crippen LogP contribution in [0.5, 0.6) is 0 Å². The molecule has 0 radical (unpaired) electrons. The van der Waals surface area contributed by atoms with Crippen molar-refractivity contribution in [3.8, 4) is 0 Å². The van der Waals surface area contributed by atoms with Crippen LogP contribution in [0.4, 0.5) is 0 Å². The van der Waals surface area contributed by atoms with E-state index in [1.54, 1.807) is 0 Å². The Morgan fingerprint density at radius 1 is 1.00 bits per heavy atom. The van der Waals surface area contributed by atoms with Crippen LogP contribution < -0.4 is 51.4 Å². The zero-order valence-electron chi connectivity index (χ0n) is 12.6. The van der Waals surface area contributed by atoms with Crippen LogP contribution in [-0.2, 0) is 10.1 Å². The molecule has 2 unspecified atom stereocenters. The van der Waals surface area contributed by atoms with Crippen LogP contribution in [0.15, 0.2) is 0 Å². The first-order valence-electron chi connectivity index (χ1n) is 7.00. The van der Waals surface area contributed by atoms with Crippen molar-refractivity contribution in [3.05, 3.63) is 0 Å². The van der Waals surface area contributed by atoms with Gasteiger partial charge in [-0.15, -0.1) is 0 Å². The molecule has 0 aliphatic rings. The fourth-order valence-corrected chi connectivity index (χ4v) is 2.36. The second-order valence-corrected chi connectivity index (χ2v) is 6.88. The Balaban J connectivity index is 0. The van der Waals surface area contributed by atoms with Crippen LogP contribution in [0, 0.1) is 0 Å². The predicted molar refractivity (Wildman–Crippen MR) is 72.4 cm³/mol. The van der Waals surface area contributed by atoms with Gasteiger partial charge in [-0.05, 0) is 26.2 Å². The zero-order valence-corrected chi connectivity index (χ0v) is 16.5. The summed E-state index contributed by atoms with van der Waals surface area (Å²) < 4.78 is 32.0. The molecule has 4 nitrogen and oxygen atoms in total. The first-order chi connectivity index (χ1) is 8.38. The van der Waals surface area contributed by atoms with Crippen molar-refractivity contribution in [3.63, 3.8) is 0 Å². The molecule has 0 rings (SSSR count). The first kappa shape index (κ1) is 22.8. The molecule has 0 saturated heterocycles. The average Bonchev–Trinajstić information content (AvgIpc) is 2.28. The van der Waals surface area contributed by atoms with Gasteiger partial charge in [0.2, 0.25) is 0 Å². The van der Waals surface area contributed by atoms with E-state index in [2.05, 4.69) is 6.92 Å². The number of aliphatic hydroxyl groups excluding tert-OH is 1. The van der Waals surface area contributed by atoms with E-state index < -0.39 is 15.4 Å². The summed E-state index contributed by atoms with van der Waals surface area (Å²) in [6, 6.07) is 0. The molecule has 0 heterocycles. The van der Waals surface area contributed by atoms with Gasteiger partial charge in [0, 0.05) is 5.25 Å². The topological polar surface area (TPSA) is 77.4 Å². The fraction of sp³-hybridized carbons (Fsp3) is 1.00. The van der Waals surface area contributed by atoms with Gasteiger partial charge in [0.05, 0.1) is 16.2 Å². The van der Waals surface area contributed by atoms with Crippen molar-refractivity contribution in [1.29, 1.82) is 0 Å². The van der Waals surface area contributed by atoms with Gasteiger partial charge in [0.25, 0.3) is 0 Å². The van der Waals surface area contributed by atoms with Crippen molar-refractivity contribution in [2.24, 2.45) is 0 Å². The van der Waals surface area contributed by atoms with E-state index in [0.29, 0.717) is 19.3 Å². The van der Waals surface area contributed by atoms with Crippen LogP contribution in [0.25, 0.3) is 0 Å². The van der Waals surface area contributed by atoms with Crippen molar-refractivity contribution >= 4 is 10.1 Å². The third-order valence-electron chi connectivity index (χ3n) is 3.28. The Morgan fingerprint density at radius 2 is 1.47 bits per heavy atom. The van der Waals surface area contributed by atoms with Gasteiger partial charge in [0.1, 0.15) is 0 Å². The van der Waals surface area contributed by atoms with E-state index in [4.69, 9.17) is 0 Å². The summed E-state index contributed by atoms with van der Waals surface area (Å²) in [5.41, 5.74) is 0. The van der Waals surface area contributed by atoms with E-state index in [1.807, 2.05) is 0 Å². The molecule has 19 heavy (non-hydrogen) atoms. The maximum absolute atomic E-state index is 10.7. The summed E-state index contributed by atoms with van der Waals surface area (Å²) in [5, 5.41) is 8.89. The van der Waals surface area contributed by atoms with Crippen molar-refractivity contribution in [2.75, 3.05) is 0 Å². The minimum absolute atomic E-state index is 0. The normalized spacial score (nSPS) is 14.7. The molecule has 0 aliphatic carbocycles. The monoisotopic (exact) mass is 318 g/mol. The molecular formula is C13H27KO4S. The van der Waals surface area contributed by atoms with Gasteiger partial charge in [-0.3, -0.25) is 0 Å². The molecule has 0 aromatic carbocycles.